The van der Waals surface area contributed by atoms with Crippen molar-refractivity contribution in [3.05, 3.63) is 83.9 Å². The second-order valence-electron chi connectivity index (χ2n) is 7.35. The third-order valence-corrected chi connectivity index (χ3v) is 6.66. The Kier molecular flexibility index (Phi) is 8.50. The average Bonchev–Trinajstić information content (AvgIpc) is 2.87. The lowest BCUT2D eigenvalue weighted by molar-refractivity contribution is -0.121. The molecular formula is C25H28N2O6S. The van der Waals surface area contributed by atoms with Gasteiger partial charge in [0.2, 0.25) is 15.9 Å². The normalized spacial score (nSPS) is 12.0. The smallest absolute Gasteiger partial charge is 0.240 e. The topological polar surface area (TPSA) is 103 Å². The van der Waals surface area contributed by atoms with Gasteiger partial charge < -0.3 is 19.5 Å². The largest absolute Gasteiger partial charge is 0.497 e. The average molecular weight is 485 g/mol. The predicted octanol–water partition coefficient (Wildman–Crippen LogP) is 3.29. The minimum Gasteiger partial charge on any atom is -0.497 e. The molecule has 3 aromatic carbocycles. The number of benzene rings is 3. The van der Waals surface area contributed by atoms with Gasteiger partial charge in [0.15, 0.2) is 11.5 Å². The van der Waals surface area contributed by atoms with E-state index in [2.05, 4.69) is 10.0 Å². The summed E-state index contributed by atoms with van der Waals surface area (Å²) < 4.78 is 43.3. The van der Waals surface area contributed by atoms with Crippen LogP contribution >= 0.6 is 0 Å². The van der Waals surface area contributed by atoms with Gasteiger partial charge in [0.1, 0.15) is 5.75 Å². The number of carbonyl (C=O) groups excluding carboxylic acids is 1. The minimum absolute atomic E-state index is 0.0194. The molecule has 1 amide bonds. The van der Waals surface area contributed by atoms with Gasteiger partial charge in [-0.1, -0.05) is 42.5 Å². The first kappa shape index (κ1) is 25.1. The third-order valence-electron chi connectivity index (χ3n) is 5.20. The lowest BCUT2D eigenvalue weighted by atomic mass is 9.98. The second kappa shape index (κ2) is 11.5. The number of nitrogens with one attached hydrogen (secondary N) is 2. The summed E-state index contributed by atoms with van der Waals surface area (Å²) in [5.41, 5.74) is 1.79. The van der Waals surface area contributed by atoms with E-state index < -0.39 is 10.0 Å². The van der Waals surface area contributed by atoms with Crippen LogP contribution in [-0.4, -0.2) is 42.2 Å². The lowest BCUT2D eigenvalue weighted by Gasteiger charge is -2.20. The molecule has 0 radical (unpaired) electrons. The Bertz CT molecular complexity index is 1200. The molecule has 0 aliphatic carbocycles. The number of methoxy groups -OCH3 is 3. The van der Waals surface area contributed by atoms with Crippen LogP contribution in [0.4, 0.5) is 0 Å². The number of rotatable bonds is 11. The SMILES string of the molecule is COc1ccc(C(NC(=O)CCNS(=O)(=O)c2ccc(OC)c(OC)c2)c2ccccc2)cc1. The van der Waals surface area contributed by atoms with E-state index in [4.69, 9.17) is 14.2 Å². The highest BCUT2D eigenvalue weighted by Crippen LogP contribution is 2.29. The van der Waals surface area contributed by atoms with Crippen LogP contribution in [0.15, 0.2) is 77.7 Å². The molecule has 0 saturated carbocycles. The molecule has 9 heteroatoms. The van der Waals surface area contributed by atoms with E-state index in [1.54, 1.807) is 7.11 Å². The van der Waals surface area contributed by atoms with Gasteiger partial charge in [0.05, 0.1) is 32.3 Å². The monoisotopic (exact) mass is 484 g/mol. The summed E-state index contributed by atoms with van der Waals surface area (Å²) >= 11 is 0. The van der Waals surface area contributed by atoms with E-state index in [1.165, 1.54) is 32.4 Å². The highest BCUT2D eigenvalue weighted by atomic mass is 32.2. The van der Waals surface area contributed by atoms with Crippen LogP contribution < -0.4 is 24.2 Å². The summed E-state index contributed by atoms with van der Waals surface area (Å²) in [7, 11) is 0.657. The molecule has 0 bridgehead atoms. The van der Waals surface area contributed by atoms with Crippen LogP contribution in [0.2, 0.25) is 0 Å². The molecule has 0 aliphatic heterocycles. The number of carbonyl (C=O) groups is 1. The molecule has 0 saturated heterocycles. The van der Waals surface area contributed by atoms with E-state index >= 15 is 0 Å². The third kappa shape index (κ3) is 6.27. The number of hydrogen-bond donors (Lipinski definition) is 2. The molecule has 0 heterocycles. The van der Waals surface area contributed by atoms with Crippen LogP contribution in [0.25, 0.3) is 0 Å². The lowest BCUT2D eigenvalue weighted by Crippen LogP contribution is -2.33. The molecule has 0 aromatic heterocycles. The summed E-state index contributed by atoms with van der Waals surface area (Å²) in [5.74, 6) is 1.14. The van der Waals surface area contributed by atoms with Gasteiger partial charge in [-0.25, -0.2) is 13.1 Å². The van der Waals surface area contributed by atoms with Crippen molar-refractivity contribution in [3.63, 3.8) is 0 Å². The fraction of sp³-hybridized carbons (Fsp3) is 0.240. The van der Waals surface area contributed by atoms with Crippen molar-refractivity contribution in [1.82, 2.24) is 10.0 Å². The molecular weight excluding hydrogens is 456 g/mol. The Hall–Kier alpha value is -3.56. The number of sulfonamides is 1. The van der Waals surface area contributed by atoms with Crippen LogP contribution in [-0.2, 0) is 14.8 Å². The molecule has 34 heavy (non-hydrogen) atoms. The predicted molar refractivity (Wildman–Crippen MR) is 129 cm³/mol. The first-order chi connectivity index (χ1) is 16.4. The summed E-state index contributed by atoms with van der Waals surface area (Å²) in [5, 5.41) is 3.00. The van der Waals surface area contributed by atoms with Gasteiger partial charge in [0, 0.05) is 19.0 Å². The summed E-state index contributed by atoms with van der Waals surface area (Å²) in [4.78, 5) is 12.7. The summed E-state index contributed by atoms with van der Waals surface area (Å²) in [6.45, 7) is -0.0629. The highest BCUT2D eigenvalue weighted by Gasteiger charge is 2.19. The van der Waals surface area contributed by atoms with Gasteiger partial charge in [-0.15, -0.1) is 0 Å². The Morgan fingerprint density at radius 3 is 2.09 bits per heavy atom. The van der Waals surface area contributed by atoms with Crippen LogP contribution in [0.3, 0.4) is 0 Å². The maximum atomic E-state index is 12.7. The summed E-state index contributed by atoms with van der Waals surface area (Å²) in [6, 6.07) is 20.9. The first-order valence-corrected chi connectivity index (χ1v) is 12.1. The maximum absolute atomic E-state index is 12.7. The van der Waals surface area contributed by atoms with Crippen molar-refractivity contribution in [3.8, 4) is 17.2 Å². The van der Waals surface area contributed by atoms with Crippen molar-refractivity contribution in [2.24, 2.45) is 0 Å². The van der Waals surface area contributed by atoms with E-state index in [-0.39, 0.29) is 29.8 Å². The molecule has 8 nitrogen and oxygen atoms in total. The molecule has 0 fully saturated rings. The van der Waals surface area contributed by atoms with Crippen molar-refractivity contribution in [1.29, 1.82) is 0 Å². The zero-order chi connectivity index (χ0) is 24.6. The van der Waals surface area contributed by atoms with Crippen molar-refractivity contribution in [2.75, 3.05) is 27.9 Å². The molecule has 3 aromatic rings. The van der Waals surface area contributed by atoms with E-state index in [0.29, 0.717) is 17.2 Å². The molecule has 1 unspecified atom stereocenters. The Balaban J connectivity index is 1.66. The number of hydrogen-bond acceptors (Lipinski definition) is 6. The zero-order valence-electron chi connectivity index (χ0n) is 19.3. The van der Waals surface area contributed by atoms with Crippen LogP contribution in [0.1, 0.15) is 23.6 Å². The molecule has 3 rings (SSSR count). The van der Waals surface area contributed by atoms with Gasteiger partial charge in [-0.3, -0.25) is 4.79 Å². The van der Waals surface area contributed by atoms with Crippen LogP contribution in [0, 0.1) is 0 Å². The van der Waals surface area contributed by atoms with Crippen LogP contribution in [0.5, 0.6) is 17.2 Å². The Morgan fingerprint density at radius 2 is 1.47 bits per heavy atom. The van der Waals surface area contributed by atoms with Gasteiger partial charge in [-0.2, -0.15) is 0 Å². The minimum atomic E-state index is -3.83. The van der Waals surface area contributed by atoms with Gasteiger partial charge in [-0.05, 0) is 35.4 Å². The fourth-order valence-corrected chi connectivity index (χ4v) is 4.45. The zero-order valence-corrected chi connectivity index (χ0v) is 20.1. The number of ether oxygens (including phenoxy) is 3. The highest BCUT2D eigenvalue weighted by molar-refractivity contribution is 7.89. The van der Waals surface area contributed by atoms with Gasteiger partial charge in [0.25, 0.3) is 0 Å². The first-order valence-electron chi connectivity index (χ1n) is 10.6. The van der Waals surface area contributed by atoms with Crippen molar-refractivity contribution >= 4 is 15.9 Å². The van der Waals surface area contributed by atoms with E-state index in [0.717, 1.165) is 11.1 Å². The molecule has 0 aliphatic rings. The van der Waals surface area contributed by atoms with Gasteiger partial charge >= 0.3 is 0 Å². The number of amides is 1. The molecule has 0 spiro atoms. The fourth-order valence-electron chi connectivity index (χ4n) is 3.40. The summed E-state index contributed by atoms with van der Waals surface area (Å²) in [6.07, 6.45) is -0.0357. The molecule has 2 N–H and O–H groups in total. The Morgan fingerprint density at radius 1 is 0.824 bits per heavy atom. The standard InChI is InChI=1S/C25H28N2O6S/c1-31-20-11-9-19(10-12-20)25(18-7-5-4-6-8-18)27-24(28)15-16-26-34(29,30)21-13-14-22(32-2)23(17-21)33-3/h4-14,17,25-26H,15-16H2,1-3H3,(H,27,28). The molecule has 1 atom stereocenters. The second-order valence-corrected chi connectivity index (χ2v) is 9.12. The Labute approximate surface area is 199 Å². The van der Waals surface area contributed by atoms with Crippen molar-refractivity contribution < 1.29 is 27.4 Å². The maximum Gasteiger partial charge on any atom is 0.240 e. The van der Waals surface area contributed by atoms with E-state index in [9.17, 15) is 13.2 Å². The quantitative estimate of drug-likeness (QED) is 0.433. The van der Waals surface area contributed by atoms with E-state index in [1.807, 2.05) is 54.6 Å². The van der Waals surface area contributed by atoms with Crippen molar-refractivity contribution in [2.45, 2.75) is 17.4 Å². The molecule has 180 valence electrons.